The van der Waals surface area contributed by atoms with E-state index in [9.17, 15) is 9.18 Å². The maximum absolute atomic E-state index is 13.2. The molecule has 1 unspecified atom stereocenters. The molecule has 0 radical (unpaired) electrons. The Balaban J connectivity index is 1.85. The monoisotopic (exact) mass is 379 g/mol. The number of carbonyl (C=O) groups excluding carboxylic acids is 1. The number of quaternary nitrogens is 1. The minimum absolute atomic E-state index is 0.0191. The van der Waals surface area contributed by atoms with Gasteiger partial charge >= 0.3 is 0 Å². The fraction of sp³-hybridized carbons (Fsp3) is 0.278. The van der Waals surface area contributed by atoms with Crippen molar-refractivity contribution in [1.82, 2.24) is 5.32 Å². The third kappa shape index (κ3) is 5.77. The van der Waals surface area contributed by atoms with E-state index < -0.39 is 0 Å². The molecule has 0 aliphatic carbocycles. The first-order valence-corrected chi connectivity index (χ1v) is 8.34. The largest absolute Gasteiger partial charge is 0.345 e. The van der Waals surface area contributed by atoms with Crippen LogP contribution in [-0.4, -0.2) is 19.5 Å². The van der Waals surface area contributed by atoms with Crippen LogP contribution in [0.15, 0.2) is 53.0 Å². The minimum atomic E-state index is -0.247. The van der Waals surface area contributed by atoms with Crippen LogP contribution in [0.3, 0.4) is 0 Å². The number of benzene rings is 2. The van der Waals surface area contributed by atoms with Crippen LogP contribution in [0.4, 0.5) is 4.39 Å². The van der Waals surface area contributed by atoms with Crippen LogP contribution >= 0.6 is 15.9 Å². The Morgan fingerprint density at radius 2 is 1.96 bits per heavy atom. The highest BCUT2D eigenvalue weighted by molar-refractivity contribution is 9.10. The first kappa shape index (κ1) is 17.6. The van der Waals surface area contributed by atoms with Crippen molar-refractivity contribution < 1.29 is 14.1 Å². The molecule has 2 N–H and O–H groups in total. The summed E-state index contributed by atoms with van der Waals surface area (Å²) in [6, 6.07) is 14.3. The van der Waals surface area contributed by atoms with Gasteiger partial charge in [-0.2, -0.15) is 0 Å². The minimum Gasteiger partial charge on any atom is -0.345 e. The molecule has 2 rings (SSSR count). The molecular formula is C18H21BrFN2O+. The molecular weight excluding hydrogens is 359 g/mol. The topological polar surface area (TPSA) is 33.5 Å². The van der Waals surface area contributed by atoms with Crippen LogP contribution in [0.1, 0.15) is 24.1 Å². The first-order chi connectivity index (χ1) is 10.9. The summed E-state index contributed by atoms with van der Waals surface area (Å²) in [6.45, 7) is 2.91. The normalized spacial score (nSPS) is 13.4. The van der Waals surface area contributed by atoms with Crippen LogP contribution < -0.4 is 10.2 Å². The van der Waals surface area contributed by atoms with Crippen LogP contribution in [0.5, 0.6) is 0 Å². The van der Waals surface area contributed by atoms with Crippen molar-refractivity contribution in [2.75, 3.05) is 13.6 Å². The molecule has 1 amide bonds. The summed E-state index contributed by atoms with van der Waals surface area (Å²) >= 11 is 3.40. The highest BCUT2D eigenvalue weighted by Gasteiger charge is 2.14. The van der Waals surface area contributed by atoms with E-state index >= 15 is 0 Å². The molecule has 2 aromatic carbocycles. The van der Waals surface area contributed by atoms with Crippen LogP contribution in [0.25, 0.3) is 0 Å². The summed E-state index contributed by atoms with van der Waals surface area (Å²) < 4.78 is 14.2. The number of amides is 1. The molecule has 0 bridgehead atoms. The predicted molar refractivity (Wildman–Crippen MR) is 92.6 cm³/mol. The standard InChI is InChI=1S/C18H20BrFN2O/c1-13(15-6-8-16(19)9-7-15)21-18(23)12-22(2)11-14-4-3-5-17(20)10-14/h3-10,13H,11-12H2,1-2H3,(H,21,23)/p+1/t13-/m0/s1. The Kier molecular flexibility index (Phi) is 6.30. The number of halogens is 2. The van der Waals surface area contributed by atoms with Gasteiger partial charge in [-0.3, -0.25) is 4.79 Å². The molecule has 0 heterocycles. The van der Waals surface area contributed by atoms with Crippen molar-refractivity contribution in [2.45, 2.75) is 19.5 Å². The van der Waals surface area contributed by atoms with E-state index in [1.165, 1.54) is 12.1 Å². The number of rotatable bonds is 6. The third-order valence-corrected chi connectivity index (χ3v) is 4.13. The third-order valence-electron chi connectivity index (χ3n) is 3.60. The maximum Gasteiger partial charge on any atom is 0.275 e. The van der Waals surface area contributed by atoms with E-state index in [4.69, 9.17) is 0 Å². The highest BCUT2D eigenvalue weighted by atomic mass is 79.9. The van der Waals surface area contributed by atoms with Crippen molar-refractivity contribution in [3.8, 4) is 0 Å². The van der Waals surface area contributed by atoms with Gasteiger partial charge in [0, 0.05) is 10.0 Å². The van der Waals surface area contributed by atoms with E-state index in [0.717, 1.165) is 20.5 Å². The van der Waals surface area contributed by atoms with E-state index in [0.29, 0.717) is 13.1 Å². The zero-order chi connectivity index (χ0) is 16.8. The Morgan fingerprint density at radius 1 is 1.26 bits per heavy atom. The summed E-state index contributed by atoms with van der Waals surface area (Å²) in [5.41, 5.74) is 1.94. The summed E-state index contributed by atoms with van der Waals surface area (Å²) in [6.07, 6.45) is 0. The van der Waals surface area contributed by atoms with Gasteiger partial charge in [-0.1, -0.05) is 40.2 Å². The molecule has 5 heteroatoms. The maximum atomic E-state index is 13.2. The lowest BCUT2D eigenvalue weighted by Gasteiger charge is -2.17. The lowest BCUT2D eigenvalue weighted by Crippen LogP contribution is -3.08. The zero-order valence-corrected chi connectivity index (χ0v) is 14.9. The van der Waals surface area contributed by atoms with E-state index in [-0.39, 0.29) is 17.8 Å². The van der Waals surface area contributed by atoms with Gasteiger partial charge in [0.1, 0.15) is 12.4 Å². The van der Waals surface area contributed by atoms with Gasteiger partial charge in [0.15, 0.2) is 6.54 Å². The molecule has 0 aliphatic heterocycles. The number of likely N-dealkylation sites (N-methyl/N-ethyl adjacent to an activating group) is 1. The Morgan fingerprint density at radius 3 is 2.61 bits per heavy atom. The Hall–Kier alpha value is -1.72. The van der Waals surface area contributed by atoms with Crippen LogP contribution in [0.2, 0.25) is 0 Å². The predicted octanol–water partition coefficient (Wildman–Crippen LogP) is 2.48. The molecule has 2 atom stereocenters. The average Bonchev–Trinajstić information content (AvgIpc) is 2.47. The van der Waals surface area contributed by atoms with Crippen molar-refractivity contribution in [3.05, 3.63) is 69.9 Å². The molecule has 0 fully saturated rings. The van der Waals surface area contributed by atoms with Crippen molar-refractivity contribution >= 4 is 21.8 Å². The first-order valence-electron chi connectivity index (χ1n) is 7.54. The fourth-order valence-corrected chi connectivity index (χ4v) is 2.72. The smallest absolute Gasteiger partial charge is 0.275 e. The number of carbonyl (C=O) groups is 1. The molecule has 2 aromatic rings. The van der Waals surface area contributed by atoms with Gasteiger partial charge in [-0.25, -0.2) is 4.39 Å². The molecule has 0 saturated carbocycles. The molecule has 0 saturated heterocycles. The van der Waals surface area contributed by atoms with Gasteiger partial charge in [0.25, 0.3) is 5.91 Å². The van der Waals surface area contributed by atoms with Gasteiger partial charge in [-0.05, 0) is 36.8 Å². The number of nitrogens with one attached hydrogen (secondary N) is 2. The fourth-order valence-electron chi connectivity index (χ4n) is 2.46. The quantitative estimate of drug-likeness (QED) is 0.794. The second-order valence-corrected chi connectivity index (χ2v) is 6.70. The van der Waals surface area contributed by atoms with Crippen molar-refractivity contribution in [3.63, 3.8) is 0 Å². The molecule has 23 heavy (non-hydrogen) atoms. The highest BCUT2D eigenvalue weighted by Crippen LogP contribution is 2.16. The van der Waals surface area contributed by atoms with E-state index in [2.05, 4.69) is 21.2 Å². The Labute approximate surface area is 144 Å². The van der Waals surface area contributed by atoms with Gasteiger partial charge in [0.05, 0.1) is 13.1 Å². The second-order valence-electron chi connectivity index (χ2n) is 5.78. The Bertz CT molecular complexity index is 660. The second kappa shape index (κ2) is 8.22. The van der Waals surface area contributed by atoms with Crippen LogP contribution in [0, 0.1) is 5.82 Å². The summed E-state index contributed by atoms with van der Waals surface area (Å²) in [5, 5.41) is 2.99. The molecule has 122 valence electrons. The van der Waals surface area contributed by atoms with Gasteiger partial charge in [-0.15, -0.1) is 0 Å². The lowest BCUT2D eigenvalue weighted by atomic mass is 10.1. The van der Waals surface area contributed by atoms with E-state index in [1.807, 2.05) is 44.3 Å². The summed E-state index contributed by atoms with van der Waals surface area (Å²) in [5.74, 6) is -0.266. The van der Waals surface area contributed by atoms with Crippen molar-refractivity contribution in [2.24, 2.45) is 0 Å². The molecule has 3 nitrogen and oxygen atoms in total. The SMILES string of the molecule is C[C@H](NC(=O)C[NH+](C)Cc1cccc(F)c1)c1ccc(Br)cc1. The molecule has 0 aromatic heterocycles. The number of hydrogen-bond donors (Lipinski definition) is 2. The zero-order valence-electron chi connectivity index (χ0n) is 13.3. The summed E-state index contributed by atoms with van der Waals surface area (Å²) in [4.78, 5) is 13.2. The number of hydrogen-bond acceptors (Lipinski definition) is 1. The van der Waals surface area contributed by atoms with E-state index in [1.54, 1.807) is 6.07 Å². The summed E-state index contributed by atoms with van der Waals surface area (Å²) in [7, 11) is 1.93. The van der Waals surface area contributed by atoms with Gasteiger partial charge in [0.2, 0.25) is 0 Å². The molecule has 0 aliphatic rings. The molecule has 0 spiro atoms. The van der Waals surface area contributed by atoms with Crippen molar-refractivity contribution in [1.29, 1.82) is 0 Å². The average molecular weight is 380 g/mol. The van der Waals surface area contributed by atoms with Gasteiger partial charge < -0.3 is 10.2 Å². The lowest BCUT2D eigenvalue weighted by molar-refractivity contribution is -0.885. The van der Waals surface area contributed by atoms with Crippen LogP contribution in [-0.2, 0) is 11.3 Å².